The van der Waals surface area contributed by atoms with Crippen LogP contribution in [-0.2, 0) is 16.1 Å². The smallest absolute Gasteiger partial charge is 0.339 e. The number of carbonyl (C=O) groups is 2. The van der Waals surface area contributed by atoms with E-state index in [0.29, 0.717) is 22.7 Å². The van der Waals surface area contributed by atoms with Gasteiger partial charge in [-0.15, -0.1) is 5.10 Å². The van der Waals surface area contributed by atoms with E-state index in [0.717, 1.165) is 11.3 Å². The summed E-state index contributed by atoms with van der Waals surface area (Å²) in [6.45, 7) is 3.89. The molecule has 9 heteroatoms. The van der Waals surface area contributed by atoms with E-state index in [1.165, 1.54) is 13.3 Å². The van der Waals surface area contributed by atoms with Crippen LogP contribution in [0.25, 0.3) is 16.9 Å². The molecule has 0 bridgehead atoms. The first-order chi connectivity index (χ1) is 15.9. The number of nitrogens with one attached hydrogen (secondary N) is 1. The molecule has 1 N–H and O–H groups in total. The van der Waals surface area contributed by atoms with Gasteiger partial charge in [0.1, 0.15) is 12.4 Å². The number of methoxy groups -OCH3 is 1. The van der Waals surface area contributed by atoms with Crippen molar-refractivity contribution in [3.63, 3.8) is 0 Å². The topological polar surface area (TPSA) is 108 Å². The van der Waals surface area contributed by atoms with Gasteiger partial charge in [0.05, 0.1) is 24.1 Å². The van der Waals surface area contributed by atoms with Gasteiger partial charge in [0.2, 0.25) is 11.9 Å². The summed E-state index contributed by atoms with van der Waals surface area (Å²) in [6.07, 6.45) is 1.46. The highest BCUT2D eigenvalue weighted by molar-refractivity contribution is 5.90. The van der Waals surface area contributed by atoms with Crippen LogP contribution in [0.4, 0.5) is 5.95 Å². The molecule has 0 radical (unpaired) electrons. The van der Waals surface area contributed by atoms with E-state index >= 15 is 0 Å². The summed E-state index contributed by atoms with van der Waals surface area (Å²) < 4.78 is 12.2. The van der Waals surface area contributed by atoms with Crippen molar-refractivity contribution in [2.75, 3.05) is 12.4 Å². The maximum absolute atomic E-state index is 12.0. The van der Waals surface area contributed by atoms with Crippen molar-refractivity contribution in [2.45, 2.75) is 20.5 Å². The normalized spacial score (nSPS) is 10.9. The van der Waals surface area contributed by atoms with E-state index in [2.05, 4.69) is 25.1 Å². The van der Waals surface area contributed by atoms with Crippen molar-refractivity contribution in [3.8, 4) is 17.0 Å². The zero-order valence-electron chi connectivity index (χ0n) is 18.5. The lowest BCUT2D eigenvalue weighted by molar-refractivity contribution is -0.118. The average molecular weight is 445 g/mol. The van der Waals surface area contributed by atoms with Gasteiger partial charge in [-0.3, -0.25) is 15.1 Å². The summed E-state index contributed by atoms with van der Waals surface area (Å²) in [6, 6.07) is 16.6. The summed E-state index contributed by atoms with van der Waals surface area (Å²) in [5.41, 5.74) is 3.46. The average Bonchev–Trinajstić information content (AvgIpc) is 3.25. The van der Waals surface area contributed by atoms with Gasteiger partial charge in [-0.1, -0.05) is 19.9 Å². The second kappa shape index (κ2) is 9.47. The zero-order chi connectivity index (χ0) is 23.4. The summed E-state index contributed by atoms with van der Waals surface area (Å²) in [5.74, 6) is 0.218. The maximum atomic E-state index is 12.0. The molecule has 1 amide bonds. The summed E-state index contributed by atoms with van der Waals surface area (Å²) in [7, 11) is 1.33. The molecule has 4 aromatic rings. The van der Waals surface area contributed by atoms with E-state index in [4.69, 9.17) is 4.74 Å². The number of carbonyl (C=O) groups excluding carboxylic acids is 2. The predicted octanol–water partition coefficient (Wildman–Crippen LogP) is 3.75. The summed E-state index contributed by atoms with van der Waals surface area (Å²) in [5, 5.41) is 7.17. The van der Waals surface area contributed by atoms with Crippen LogP contribution < -0.4 is 10.1 Å². The number of amides is 1. The Bertz CT molecular complexity index is 1280. The number of rotatable bonds is 7. The van der Waals surface area contributed by atoms with Crippen LogP contribution in [0.1, 0.15) is 29.9 Å². The third-order valence-corrected chi connectivity index (χ3v) is 4.90. The monoisotopic (exact) mass is 445 g/mol. The molecular formula is C24H23N5O4. The Morgan fingerprint density at radius 3 is 2.52 bits per heavy atom. The molecule has 4 rings (SSSR count). The fourth-order valence-electron chi connectivity index (χ4n) is 3.06. The third kappa shape index (κ3) is 4.98. The van der Waals surface area contributed by atoms with Crippen molar-refractivity contribution in [1.29, 1.82) is 0 Å². The Morgan fingerprint density at radius 1 is 1.06 bits per heavy atom. The van der Waals surface area contributed by atoms with E-state index in [1.54, 1.807) is 16.6 Å². The number of benzene rings is 1. The van der Waals surface area contributed by atoms with Crippen molar-refractivity contribution < 1.29 is 19.1 Å². The summed E-state index contributed by atoms with van der Waals surface area (Å²) >= 11 is 0. The van der Waals surface area contributed by atoms with Gasteiger partial charge in [-0.25, -0.2) is 9.31 Å². The van der Waals surface area contributed by atoms with Gasteiger partial charge in [-0.05, 0) is 48.5 Å². The minimum atomic E-state index is -0.428. The second-order valence-electron chi connectivity index (χ2n) is 7.60. The molecule has 3 aromatic heterocycles. The number of hydrogen-bond donors (Lipinski definition) is 1. The van der Waals surface area contributed by atoms with Crippen LogP contribution >= 0.6 is 0 Å². The predicted molar refractivity (Wildman–Crippen MR) is 122 cm³/mol. The van der Waals surface area contributed by atoms with Gasteiger partial charge in [-0.2, -0.15) is 4.98 Å². The van der Waals surface area contributed by atoms with Gasteiger partial charge in [0, 0.05) is 17.7 Å². The number of nitrogens with zero attached hydrogens (tertiary/aromatic N) is 4. The molecule has 0 spiro atoms. The van der Waals surface area contributed by atoms with Crippen LogP contribution in [0.2, 0.25) is 0 Å². The fourth-order valence-corrected chi connectivity index (χ4v) is 3.06. The minimum Gasteiger partial charge on any atom is -0.487 e. The highest BCUT2D eigenvalue weighted by atomic mass is 16.5. The van der Waals surface area contributed by atoms with Crippen LogP contribution in [0.5, 0.6) is 5.75 Å². The number of hydrogen-bond acceptors (Lipinski definition) is 7. The Hall–Kier alpha value is -4.27. The van der Waals surface area contributed by atoms with Gasteiger partial charge >= 0.3 is 5.97 Å². The second-order valence-corrected chi connectivity index (χ2v) is 7.60. The lowest BCUT2D eigenvalue weighted by atomic mass is 10.1. The lowest BCUT2D eigenvalue weighted by Gasteiger charge is -2.08. The molecular weight excluding hydrogens is 422 g/mol. The molecule has 168 valence electrons. The number of fused-ring (bicyclic) bond motifs is 1. The van der Waals surface area contributed by atoms with Gasteiger partial charge in [0.25, 0.3) is 0 Å². The molecule has 3 heterocycles. The molecule has 0 aliphatic rings. The van der Waals surface area contributed by atoms with Gasteiger partial charge < -0.3 is 9.47 Å². The van der Waals surface area contributed by atoms with Crippen LogP contribution in [-0.4, -0.2) is 38.6 Å². The first kappa shape index (κ1) is 21.9. The molecule has 0 aliphatic heterocycles. The zero-order valence-corrected chi connectivity index (χ0v) is 18.5. The molecule has 0 atom stereocenters. The lowest BCUT2D eigenvalue weighted by Crippen LogP contribution is -2.18. The molecule has 9 nitrogen and oxygen atoms in total. The minimum absolute atomic E-state index is 0.136. The Morgan fingerprint density at radius 2 is 1.85 bits per heavy atom. The number of pyridine rings is 2. The Balaban J connectivity index is 1.47. The molecule has 0 saturated carbocycles. The van der Waals surface area contributed by atoms with E-state index in [9.17, 15) is 9.59 Å². The van der Waals surface area contributed by atoms with Crippen LogP contribution in [0, 0.1) is 5.92 Å². The fraction of sp³-hybridized carbons (Fsp3) is 0.208. The number of esters is 1. The molecule has 33 heavy (non-hydrogen) atoms. The van der Waals surface area contributed by atoms with Crippen LogP contribution in [0.3, 0.4) is 0 Å². The SMILES string of the molecule is COC(=O)c1ccc(COc2ccc(-c3cccc4nc(NC(=O)C(C)C)nn34)cc2)nc1. The molecule has 0 unspecified atom stereocenters. The number of aromatic nitrogens is 4. The maximum Gasteiger partial charge on any atom is 0.339 e. The Kier molecular flexibility index (Phi) is 6.30. The standard InChI is InChI=1S/C24H23N5O4/c1-15(2)22(30)27-24-26-21-6-4-5-20(29(21)28-24)16-8-11-19(12-9-16)33-14-18-10-7-17(13-25-18)23(31)32-3/h4-13,15H,14H2,1-3H3,(H,27,28,30). The molecule has 1 aromatic carbocycles. The van der Waals surface area contributed by atoms with E-state index in [-0.39, 0.29) is 24.4 Å². The van der Waals surface area contributed by atoms with Crippen molar-refractivity contribution in [2.24, 2.45) is 5.92 Å². The van der Waals surface area contributed by atoms with Crippen molar-refractivity contribution in [1.82, 2.24) is 19.6 Å². The first-order valence-corrected chi connectivity index (χ1v) is 10.4. The largest absolute Gasteiger partial charge is 0.487 e. The summed E-state index contributed by atoms with van der Waals surface area (Å²) in [4.78, 5) is 32.1. The molecule has 0 saturated heterocycles. The number of anilines is 1. The number of ether oxygens (including phenoxy) is 2. The first-order valence-electron chi connectivity index (χ1n) is 10.4. The Labute approximate surface area is 190 Å². The highest BCUT2D eigenvalue weighted by Crippen LogP contribution is 2.24. The molecule has 0 aliphatic carbocycles. The quantitative estimate of drug-likeness (QED) is 0.432. The van der Waals surface area contributed by atoms with E-state index in [1.807, 2.05) is 56.3 Å². The van der Waals surface area contributed by atoms with Crippen molar-refractivity contribution in [3.05, 3.63) is 72.1 Å². The van der Waals surface area contributed by atoms with Crippen molar-refractivity contribution >= 4 is 23.5 Å². The van der Waals surface area contributed by atoms with Gasteiger partial charge in [0.15, 0.2) is 5.65 Å². The van der Waals surface area contributed by atoms with E-state index < -0.39 is 5.97 Å². The van der Waals surface area contributed by atoms with Crippen LogP contribution in [0.15, 0.2) is 60.8 Å². The third-order valence-electron chi connectivity index (χ3n) is 4.90. The highest BCUT2D eigenvalue weighted by Gasteiger charge is 2.13. The molecule has 0 fully saturated rings.